The molecule has 1 nitrogen and oxygen atoms in total. The van der Waals surface area contributed by atoms with Crippen LogP contribution in [-0.2, 0) is 4.79 Å². The molecule has 0 aliphatic rings. The van der Waals surface area contributed by atoms with Gasteiger partial charge in [0.25, 0.3) is 0 Å². The van der Waals surface area contributed by atoms with E-state index in [1.165, 1.54) is 0 Å². The van der Waals surface area contributed by atoms with Crippen molar-refractivity contribution in [2.75, 3.05) is 5.75 Å². The van der Waals surface area contributed by atoms with Gasteiger partial charge in [-0.3, -0.25) is 4.79 Å². The van der Waals surface area contributed by atoms with Crippen LogP contribution in [0, 0.1) is 0 Å². The Hall–Kier alpha value is 0.390. The maximum Gasteiger partial charge on any atom is 0.414 e. The molecule has 1 atom stereocenters. The first-order valence-electron chi connectivity index (χ1n) is 2.34. The van der Waals surface area contributed by atoms with Gasteiger partial charge in [0.05, 0.1) is 5.75 Å². The molecule has 0 amide bonds. The van der Waals surface area contributed by atoms with Gasteiger partial charge in [-0.1, -0.05) is 0 Å². The van der Waals surface area contributed by atoms with Gasteiger partial charge >= 0.3 is 6.18 Å². The van der Waals surface area contributed by atoms with Crippen LogP contribution in [0.2, 0.25) is 0 Å². The average molecular weight is 227 g/mol. The van der Waals surface area contributed by atoms with Crippen LogP contribution in [0.25, 0.3) is 0 Å². The highest BCUT2D eigenvalue weighted by molar-refractivity contribution is 8.01. The highest BCUT2D eigenvalue weighted by Crippen LogP contribution is 2.33. The third-order valence-corrected chi connectivity index (χ3v) is 2.51. The van der Waals surface area contributed by atoms with Gasteiger partial charge in [0.15, 0.2) is 4.71 Å². The van der Waals surface area contributed by atoms with Crippen molar-refractivity contribution in [3.05, 3.63) is 0 Å². The lowest BCUT2D eigenvalue weighted by Gasteiger charge is -2.10. The molecule has 0 aromatic carbocycles. The van der Waals surface area contributed by atoms with Gasteiger partial charge in [0.2, 0.25) is 5.24 Å². The zero-order valence-corrected chi connectivity index (χ0v) is 7.32. The van der Waals surface area contributed by atoms with Crippen molar-refractivity contribution in [1.29, 1.82) is 0 Å². The summed E-state index contributed by atoms with van der Waals surface area (Å²) < 4.78 is 32.7. The van der Waals surface area contributed by atoms with Gasteiger partial charge in [0.1, 0.15) is 0 Å². The minimum absolute atomic E-state index is 0.250. The second-order valence-corrected chi connectivity index (χ2v) is 3.73. The minimum Gasteiger partial charge on any atom is -0.280 e. The molecule has 0 aromatic rings. The average Bonchev–Trinajstić information content (AvgIpc) is 1.80. The molecule has 0 aromatic heterocycles. The fraction of sp³-hybridized carbons (Fsp3) is 0.750. The molecule has 0 unspecified atom stereocenters. The van der Waals surface area contributed by atoms with Crippen LogP contribution < -0.4 is 0 Å². The molecule has 0 saturated heterocycles. The van der Waals surface area contributed by atoms with Crippen LogP contribution in [0.15, 0.2) is 0 Å². The summed E-state index contributed by atoms with van der Waals surface area (Å²) in [6, 6.07) is 0. The van der Waals surface area contributed by atoms with Crippen molar-refractivity contribution >= 4 is 40.2 Å². The van der Waals surface area contributed by atoms with Gasteiger partial charge in [-0.2, -0.15) is 13.2 Å². The summed E-state index contributed by atoms with van der Waals surface area (Å²) in [6.45, 7) is 0. The number of hydrogen-bond donors (Lipinski definition) is 0. The van der Waals surface area contributed by atoms with E-state index >= 15 is 0 Å². The number of thioether (sulfide) groups is 1. The molecule has 0 aliphatic carbocycles. The monoisotopic (exact) mass is 226 g/mol. The number of halogens is 5. The van der Waals surface area contributed by atoms with Gasteiger partial charge < -0.3 is 0 Å². The lowest BCUT2D eigenvalue weighted by atomic mass is 10.8. The van der Waals surface area contributed by atoms with Crippen LogP contribution in [0.3, 0.4) is 0 Å². The number of rotatable bonds is 3. The molecule has 66 valence electrons. The van der Waals surface area contributed by atoms with E-state index in [0.29, 0.717) is 0 Å². The molecule has 0 fully saturated rings. The third-order valence-electron chi connectivity index (χ3n) is 0.600. The van der Waals surface area contributed by atoms with Crippen LogP contribution in [0.5, 0.6) is 0 Å². The Morgan fingerprint density at radius 2 is 2.00 bits per heavy atom. The standard InChI is InChI=1S/C4H3Cl2F3OS/c5-2(10)1-11-3(6)4(7,8)9/h3H,1H2/t3-/m0/s1. The molecule has 0 saturated carbocycles. The minimum atomic E-state index is -4.49. The maximum atomic E-state index is 11.6. The molecule has 0 aliphatic heterocycles. The molecular weight excluding hydrogens is 224 g/mol. The zero-order valence-electron chi connectivity index (χ0n) is 4.99. The first-order valence-corrected chi connectivity index (χ1v) is 4.21. The molecule has 0 rings (SSSR count). The normalized spacial score (nSPS) is 14.6. The second-order valence-electron chi connectivity index (χ2n) is 1.52. The molecule has 7 heteroatoms. The first-order chi connectivity index (χ1) is 4.84. The van der Waals surface area contributed by atoms with Crippen molar-refractivity contribution in [2.24, 2.45) is 0 Å². The van der Waals surface area contributed by atoms with Crippen molar-refractivity contribution < 1.29 is 18.0 Å². The maximum absolute atomic E-state index is 11.6. The molecule has 0 spiro atoms. The fourth-order valence-electron chi connectivity index (χ4n) is 0.233. The van der Waals surface area contributed by atoms with Gasteiger partial charge in [0, 0.05) is 0 Å². The summed E-state index contributed by atoms with van der Waals surface area (Å²) >= 11 is 9.86. The molecule has 0 radical (unpaired) electrons. The summed E-state index contributed by atoms with van der Waals surface area (Å²) in [4.78, 5) is 9.99. The van der Waals surface area contributed by atoms with E-state index in [1.54, 1.807) is 0 Å². The summed E-state index contributed by atoms with van der Waals surface area (Å²) in [5, 5.41) is -0.843. The van der Waals surface area contributed by atoms with E-state index in [2.05, 4.69) is 0 Å². The van der Waals surface area contributed by atoms with E-state index in [4.69, 9.17) is 23.2 Å². The summed E-state index contributed by atoms with van der Waals surface area (Å²) in [5.41, 5.74) is 0. The van der Waals surface area contributed by atoms with Crippen LogP contribution in [0.1, 0.15) is 0 Å². The van der Waals surface area contributed by atoms with E-state index < -0.39 is 21.9 Å². The van der Waals surface area contributed by atoms with Crippen molar-refractivity contribution in [1.82, 2.24) is 0 Å². The van der Waals surface area contributed by atoms with Crippen LogP contribution >= 0.6 is 35.0 Å². The molecule has 0 heterocycles. The van der Waals surface area contributed by atoms with Crippen LogP contribution in [-0.4, -0.2) is 21.9 Å². The van der Waals surface area contributed by atoms with Crippen molar-refractivity contribution in [2.45, 2.75) is 10.9 Å². The van der Waals surface area contributed by atoms with Gasteiger partial charge in [-0.25, -0.2) is 0 Å². The summed E-state index contributed by atoms with van der Waals surface area (Å²) in [5.74, 6) is -0.435. The lowest BCUT2D eigenvalue weighted by molar-refractivity contribution is -0.113. The predicted molar refractivity (Wildman–Crippen MR) is 39.0 cm³/mol. The topological polar surface area (TPSA) is 17.1 Å². The van der Waals surface area contributed by atoms with E-state index in [1.807, 2.05) is 0 Å². The summed E-state index contributed by atoms with van der Waals surface area (Å²) in [6.07, 6.45) is -4.49. The molecule has 0 bridgehead atoms. The zero-order chi connectivity index (χ0) is 9.07. The molecule has 11 heavy (non-hydrogen) atoms. The smallest absolute Gasteiger partial charge is 0.280 e. The quantitative estimate of drug-likeness (QED) is 0.544. The Labute approximate surface area is 75.2 Å². The van der Waals surface area contributed by atoms with Gasteiger partial charge in [-0.15, -0.1) is 23.4 Å². The highest BCUT2D eigenvalue weighted by atomic mass is 35.5. The second kappa shape index (κ2) is 4.42. The number of carbonyl (C=O) groups excluding carboxylic acids is 1. The Balaban J connectivity index is 3.70. The largest absolute Gasteiger partial charge is 0.414 e. The number of hydrogen-bond acceptors (Lipinski definition) is 2. The number of alkyl halides is 4. The molecule has 0 N–H and O–H groups in total. The third kappa shape index (κ3) is 5.64. The predicted octanol–water partition coefficient (Wildman–Crippen LogP) is 2.61. The Kier molecular flexibility index (Phi) is 4.58. The fourth-order valence-corrected chi connectivity index (χ4v) is 1.08. The van der Waals surface area contributed by atoms with Crippen molar-refractivity contribution in [3.63, 3.8) is 0 Å². The SMILES string of the molecule is O=C(Cl)CS[C@H](Cl)C(F)(F)F. The molecular formula is C4H3Cl2F3OS. The Morgan fingerprint density at radius 1 is 1.55 bits per heavy atom. The highest BCUT2D eigenvalue weighted by Gasteiger charge is 2.38. The van der Waals surface area contributed by atoms with Gasteiger partial charge in [-0.05, 0) is 11.6 Å². The number of carbonyl (C=O) groups is 1. The first kappa shape index (κ1) is 11.4. The Morgan fingerprint density at radius 3 is 2.27 bits per heavy atom. The van der Waals surface area contributed by atoms with Crippen LogP contribution in [0.4, 0.5) is 13.2 Å². The summed E-state index contributed by atoms with van der Waals surface area (Å²) in [7, 11) is 0. The lowest BCUT2D eigenvalue weighted by Crippen LogP contribution is -2.20. The van der Waals surface area contributed by atoms with E-state index in [-0.39, 0.29) is 11.8 Å². The van der Waals surface area contributed by atoms with E-state index in [0.717, 1.165) is 0 Å². The van der Waals surface area contributed by atoms with E-state index in [9.17, 15) is 18.0 Å². The van der Waals surface area contributed by atoms with Crippen molar-refractivity contribution in [3.8, 4) is 0 Å². The Bertz CT molecular complexity index is 149.